The van der Waals surface area contributed by atoms with E-state index in [0.29, 0.717) is 18.7 Å². The number of likely N-dealkylation sites (N-methyl/N-ethyl adjacent to an activating group) is 1. The Morgan fingerprint density at radius 3 is 2.65 bits per heavy atom. The quantitative estimate of drug-likeness (QED) is 0.627. The summed E-state index contributed by atoms with van der Waals surface area (Å²) in [6, 6.07) is 8.16. The van der Waals surface area contributed by atoms with Crippen LogP contribution in [0.1, 0.15) is 12.0 Å². The third-order valence-electron chi connectivity index (χ3n) is 3.28. The second-order valence-electron chi connectivity index (χ2n) is 4.70. The molecule has 20 heavy (non-hydrogen) atoms. The molecule has 1 aromatic carbocycles. The van der Waals surface area contributed by atoms with E-state index < -0.39 is 10.0 Å². The summed E-state index contributed by atoms with van der Waals surface area (Å²) in [5.74, 6) is 0. The monoisotopic (exact) mass is 314 g/mol. The van der Waals surface area contributed by atoms with E-state index in [-0.39, 0.29) is 17.3 Å². The second-order valence-corrected chi connectivity index (χ2v) is 6.64. The molecule has 0 spiro atoms. The summed E-state index contributed by atoms with van der Waals surface area (Å²) in [5.41, 5.74) is 0.369. The van der Waals surface area contributed by atoms with Gasteiger partial charge < -0.3 is 17.3 Å². The lowest BCUT2D eigenvalue weighted by molar-refractivity contribution is -0.00000675. The molecule has 2 rings (SSSR count). The van der Waals surface area contributed by atoms with Crippen molar-refractivity contribution in [3.05, 3.63) is 29.8 Å². The zero-order chi connectivity index (χ0) is 13.9. The molecule has 1 fully saturated rings. The summed E-state index contributed by atoms with van der Waals surface area (Å²) in [5, 5.41) is 8.85. The van der Waals surface area contributed by atoms with Crippen LogP contribution in [0.5, 0.6) is 0 Å². The lowest BCUT2D eigenvalue weighted by atomic mass is 10.2. The fraction of sp³-hybridized carbons (Fsp3) is 0.462. The zero-order valence-electron chi connectivity index (χ0n) is 11.3. The highest BCUT2D eigenvalue weighted by Gasteiger charge is 2.26. The molecule has 110 valence electrons. The Morgan fingerprint density at radius 1 is 1.20 bits per heavy atom. The van der Waals surface area contributed by atoms with Gasteiger partial charge in [-0.2, -0.15) is 9.57 Å². The Balaban J connectivity index is 0.00000200. The Kier molecular flexibility index (Phi) is 5.96. The van der Waals surface area contributed by atoms with Crippen molar-refractivity contribution in [3.8, 4) is 6.07 Å². The van der Waals surface area contributed by atoms with Crippen molar-refractivity contribution in [2.45, 2.75) is 11.3 Å². The minimum atomic E-state index is -3.49. The molecule has 1 saturated heterocycles. The van der Waals surface area contributed by atoms with Crippen LogP contribution in [0, 0.1) is 11.3 Å². The maximum Gasteiger partial charge on any atom is 0.243 e. The minimum absolute atomic E-state index is 0. The van der Waals surface area contributed by atoms with Gasteiger partial charge in [0.2, 0.25) is 10.0 Å². The van der Waals surface area contributed by atoms with Gasteiger partial charge in [-0.1, -0.05) is 6.07 Å². The van der Waals surface area contributed by atoms with Crippen molar-refractivity contribution in [3.63, 3.8) is 0 Å². The first kappa shape index (κ1) is 16.9. The van der Waals surface area contributed by atoms with Gasteiger partial charge in [-0.05, 0) is 38.2 Å². The average Bonchev–Trinajstić information content (AvgIpc) is 2.64. The summed E-state index contributed by atoms with van der Waals surface area (Å²) in [6.45, 7) is 2.67. The predicted molar refractivity (Wildman–Crippen MR) is 72.0 cm³/mol. The zero-order valence-corrected chi connectivity index (χ0v) is 12.9. The molecule has 0 radical (unpaired) electrons. The topological polar surface area (TPSA) is 64.4 Å². The first-order valence-electron chi connectivity index (χ1n) is 6.23. The van der Waals surface area contributed by atoms with Crippen LogP contribution in [0.2, 0.25) is 0 Å². The first-order chi connectivity index (χ1) is 9.04. The van der Waals surface area contributed by atoms with Crippen LogP contribution in [0.4, 0.5) is 0 Å². The normalized spacial score (nSPS) is 17.8. The van der Waals surface area contributed by atoms with Crippen LogP contribution in [0.15, 0.2) is 29.2 Å². The van der Waals surface area contributed by atoms with E-state index in [1.807, 2.05) is 13.1 Å². The molecule has 1 heterocycles. The van der Waals surface area contributed by atoms with Crippen molar-refractivity contribution >= 4 is 10.0 Å². The summed E-state index contributed by atoms with van der Waals surface area (Å²) in [6.07, 6.45) is 0.827. The number of halogens is 1. The number of hydrogen-bond acceptors (Lipinski definition) is 4. The molecule has 0 aliphatic carbocycles. The van der Waals surface area contributed by atoms with Gasteiger partial charge in [0, 0.05) is 19.6 Å². The van der Waals surface area contributed by atoms with Gasteiger partial charge in [-0.3, -0.25) is 0 Å². The van der Waals surface area contributed by atoms with Crippen LogP contribution in [-0.4, -0.2) is 50.8 Å². The van der Waals surface area contributed by atoms with Gasteiger partial charge in [-0.15, -0.1) is 0 Å². The number of sulfonamides is 1. The van der Waals surface area contributed by atoms with Crippen molar-refractivity contribution in [2.24, 2.45) is 0 Å². The molecule has 1 aliphatic rings. The summed E-state index contributed by atoms with van der Waals surface area (Å²) in [4.78, 5) is 2.33. The standard InChI is InChI=1S/C13H17N3O2S.ClH/c1-15-6-3-7-16(9-8-15)19(17,18)13-5-2-4-12(10-13)11-14;/h2,4-5,10H,3,6-9H2,1H3;1H/p-1. The minimum Gasteiger partial charge on any atom is -1.00 e. The third-order valence-corrected chi connectivity index (χ3v) is 5.17. The van der Waals surface area contributed by atoms with E-state index in [0.717, 1.165) is 19.5 Å². The van der Waals surface area contributed by atoms with Crippen LogP contribution in [0.25, 0.3) is 0 Å². The molecule has 1 aromatic rings. The van der Waals surface area contributed by atoms with Crippen LogP contribution in [0.3, 0.4) is 0 Å². The highest BCUT2D eigenvalue weighted by atomic mass is 35.5. The second kappa shape index (κ2) is 7.04. The number of hydrogen-bond donors (Lipinski definition) is 0. The van der Waals surface area contributed by atoms with E-state index in [9.17, 15) is 8.42 Å². The van der Waals surface area contributed by atoms with Gasteiger partial charge in [0.15, 0.2) is 0 Å². The van der Waals surface area contributed by atoms with Gasteiger partial charge in [-0.25, -0.2) is 8.42 Å². The molecule has 0 bridgehead atoms. The average molecular weight is 315 g/mol. The molecular formula is C13H17ClN3O2S-. The van der Waals surface area contributed by atoms with Crippen molar-refractivity contribution in [1.29, 1.82) is 5.26 Å². The SMILES string of the molecule is CN1CCCN(S(=O)(=O)c2cccc(C#N)c2)CC1.[Cl-]. The fourth-order valence-electron chi connectivity index (χ4n) is 2.14. The van der Waals surface area contributed by atoms with Crippen LogP contribution < -0.4 is 12.4 Å². The van der Waals surface area contributed by atoms with E-state index >= 15 is 0 Å². The molecule has 0 amide bonds. The van der Waals surface area contributed by atoms with Gasteiger partial charge in [0.25, 0.3) is 0 Å². The predicted octanol–water partition coefficient (Wildman–Crippen LogP) is -2.11. The van der Waals surface area contributed by atoms with E-state index in [4.69, 9.17) is 5.26 Å². The maximum atomic E-state index is 12.5. The summed E-state index contributed by atoms with van der Waals surface area (Å²) in [7, 11) is -1.49. The Labute approximate surface area is 126 Å². The highest BCUT2D eigenvalue weighted by molar-refractivity contribution is 7.89. The molecule has 0 unspecified atom stereocenters. The Bertz CT molecular complexity index is 598. The van der Waals surface area contributed by atoms with Crippen LogP contribution >= 0.6 is 0 Å². The lowest BCUT2D eigenvalue weighted by Gasteiger charge is -2.20. The van der Waals surface area contributed by atoms with Crippen molar-refractivity contribution in [2.75, 3.05) is 33.2 Å². The third kappa shape index (κ3) is 3.70. The number of rotatable bonds is 2. The molecule has 5 nitrogen and oxygen atoms in total. The summed E-state index contributed by atoms with van der Waals surface area (Å²) >= 11 is 0. The molecule has 0 aromatic heterocycles. The Morgan fingerprint density at radius 2 is 1.95 bits per heavy atom. The smallest absolute Gasteiger partial charge is 0.243 e. The van der Waals surface area contributed by atoms with Gasteiger partial charge in [0.1, 0.15) is 0 Å². The van der Waals surface area contributed by atoms with E-state index in [1.165, 1.54) is 10.4 Å². The largest absolute Gasteiger partial charge is 1.00 e. The maximum absolute atomic E-state index is 12.5. The van der Waals surface area contributed by atoms with Crippen molar-refractivity contribution in [1.82, 2.24) is 9.21 Å². The molecule has 0 saturated carbocycles. The molecular weight excluding hydrogens is 298 g/mol. The van der Waals surface area contributed by atoms with E-state index in [2.05, 4.69) is 4.90 Å². The number of benzene rings is 1. The highest BCUT2D eigenvalue weighted by Crippen LogP contribution is 2.18. The lowest BCUT2D eigenvalue weighted by Crippen LogP contribution is -3.00. The molecule has 7 heteroatoms. The van der Waals surface area contributed by atoms with Gasteiger partial charge in [0.05, 0.1) is 16.5 Å². The molecule has 0 N–H and O–H groups in total. The number of nitrogens with zero attached hydrogens (tertiary/aromatic N) is 3. The fourth-order valence-corrected chi connectivity index (χ4v) is 3.65. The van der Waals surface area contributed by atoms with Gasteiger partial charge >= 0.3 is 0 Å². The number of nitriles is 1. The Hall–Kier alpha value is -1.13. The van der Waals surface area contributed by atoms with E-state index in [1.54, 1.807) is 18.2 Å². The van der Waals surface area contributed by atoms with Crippen molar-refractivity contribution < 1.29 is 20.8 Å². The molecule has 0 atom stereocenters. The summed E-state index contributed by atoms with van der Waals surface area (Å²) < 4.78 is 26.5. The molecule has 1 aliphatic heterocycles. The first-order valence-corrected chi connectivity index (χ1v) is 7.67. The van der Waals surface area contributed by atoms with Crippen LogP contribution in [-0.2, 0) is 10.0 Å².